The van der Waals surface area contributed by atoms with E-state index in [-0.39, 0.29) is 5.91 Å². The molecule has 15 heavy (non-hydrogen) atoms. The molecule has 82 valence electrons. The van der Waals surface area contributed by atoms with E-state index in [9.17, 15) is 4.79 Å². The Kier molecular flexibility index (Phi) is 4.27. The largest absolute Gasteiger partial charge is 0.330 e. The summed E-state index contributed by atoms with van der Waals surface area (Å²) in [5, 5.41) is 1.62. The van der Waals surface area contributed by atoms with Crippen LogP contribution >= 0.6 is 0 Å². The first-order valence-corrected chi connectivity index (χ1v) is 4.91. The number of hydrogen-bond acceptors (Lipinski definition) is 3. The number of benzene rings is 1. The van der Waals surface area contributed by atoms with Crippen LogP contribution in [-0.4, -0.2) is 31.6 Å². The van der Waals surface area contributed by atoms with Crippen LogP contribution in [-0.2, 0) is 6.42 Å². The van der Waals surface area contributed by atoms with Crippen LogP contribution in [0, 0.1) is 0 Å². The van der Waals surface area contributed by atoms with Crippen molar-refractivity contribution in [2.45, 2.75) is 6.42 Å². The molecular weight excluding hydrogens is 190 g/mol. The van der Waals surface area contributed by atoms with Gasteiger partial charge in [-0.05, 0) is 30.7 Å². The fourth-order valence-electron chi connectivity index (χ4n) is 1.30. The second kappa shape index (κ2) is 5.48. The molecule has 0 aliphatic rings. The zero-order chi connectivity index (χ0) is 11.3. The smallest absolute Gasteiger partial charge is 0.265 e. The lowest BCUT2D eigenvalue weighted by molar-refractivity contribution is 0.0857. The number of hydrazine groups is 1. The van der Waals surface area contributed by atoms with Crippen molar-refractivity contribution in [3.63, 3.8) is 0 Å². The Labute approximate surface area is 90.0 Å². The van der Waals surface area contributed by atoms with E-state index in [0.717, 1.165) is 12.0 Å². The van der Waals surface area contributed by atoms with Gasteiger partial charge in [0.25, 0.3) is 5.91 Å². The van der Waals surface area contributed by atoms with Gasteiger partial charge in [-0.15, -0.1) is 0 Å². The number of rotatable bonds is 4. The fourth-order valence-corrected chi connectivity index (χ4v) is 1.30. The van der Waals surface area contributed by atoms with Gasteiger partial charge in [0.2, 0.25) is 0 Å². The number of hydrogen-bond donors (Lipinski definition) is 2. The quantitative estimate of drug-likeness (QED) is 0.702. The lowest BCUT2D eigenvalue weighted by Gasteiger charge is -2.12. The minimum atomic E-state index is -0.0983. The van der Waals surface area contributed by atoms with Gasteiger partial charge in [-0.2, -0.15) is 0 Å². The van der Waals surface area contributed by atoms with Gasteiger partial charge in [-0.1, -0.05) is 12.1 Å². The van der Waals surface area contributed by atoms with Crippen molar-refractivity contribution in [3.8, 4) is 0 Å². The van der Waals surface area contributed by atoms with Gasteiger partial charge in [0.05, 0.1) is 0 Å². The molecule has 0 aromatic heterocycles. The molecule has 1 aromatic carbocycles. The highest BCUT2D eigenvalue weighted by molar-refractivity contribution is 5.93. The number of nitrogens with zero attached hydrogens (tertiary/aromatic N) is 1. The molecule has 0 heterocycles. The van der Waals surface area contributed by atoms with E-state index in [0.29, 0.717) is 12.1 Å². The minimum absolute atomic E-state index is 0.0983. The van der Waals surface area contributed by atoms with E-state index < -0.39 is 0 Å². The zero-order valence-electron chi connectivity index (χ0n) is 9.16. The maximum Gasteiger partial charge on any atom is 0.265 e. The predicted octanol–water partition coefficient (Wildman–Crippen LogP) is 0.394. The molecule has 0 aliphatic heterocycles. The van der Waals surface area contributed by atoms with Gasteiger partial charge < -0.3 is 5.73 Å². The summed E-state index contributed by atoms with van der Waals surface area (Å²) in [6, 6.07) is 7.50. The van der Waals surface area contributed by atoms with Gasteiger partial charge in [0.1, 0.15) is 0 Å². The first-order chi connectivity index (χ1) is 7.13. The van der Waals surface area contributed by atoms with E-state index in [1.54, 1.807) is 25.2 Å². The third-order valence-electron chi connectivity index (χ3n) is 1.95. The standard InChI is InChI=1S/C11H17N3O/c1-14(2)13-11(15)10-5-3-4-9(8-10)6-7-12/h3-5,8H,6-7,12H2,1-2H3,(H,13,15). The van der Waals surface area contributed by atoms with Crippen molar-refractivity contribution in [2.75, 3.05) is 20.6 Å². The van der Waals surface area contributed by atoms with Crippen LogP contribution < -0.4 is 11.2 Å². The molecule has 1 aromatic rings. The summed E-state index contributed by atoms with van der Waals surface area (Å²) < 4.78 is 0. The zero-order valence-corrected chi connectivity index (χ0v) is 9.16. The predicted molar refractivity (Wildman–Crippen MR) is 60.4 cm³/mol. The molecule has 0 bridgehead atoms. The molecule has 1 amide bonds. The van der Waals surface area contributed by atoms with Gasteiger partial charge in [-0.25, -0.2) is 5.01 Å². The van der Waals surface area contributed by atoms with E-state index in [1.807, 2.05) is 18.2 Å². The van der Waals surface area contributed by atoms with Gasteiger partial charge in [0.15, 0.2) is 0 Å². The Morgan fingerprint density at radius 3 is 2.80 bits per heavy atom. The molecule has 0 fully saturated rings. The summed E-state index contributed by atoms with van der Waals surface area (Å²) in [5.74, 6) is -0.0983. The summed E-state index contributed by atoms with van der Waals surface area (Å²) in [5.41, 5.74) is 9.90. The normalized spacial score (nSPS) is 10.4. The van der Waals surface area contributed by atoms with Crippen LogP contribution in [0.3, 0.4) is 0 Å². The lowest BCUT2D eigenvalue weighted by Crippen LogP contribution is -2.36. The first kappa shape index (κ1) is 11.7. The molecule has 1 rings (SSSR count). The first-order valence-electron chi connectivity index (χ1n) is 4.91. The highest BCUT2D eigenvalue weighted by atomic mass is 16.2. The summed E-state index contributed by atoms with van der Waals surface area (Å²) >= 11 is 0. The minimum Gasteiger partial charge on any atom is -0.330 e. The molecule has 0 spiro atoms. The molecule has 0 aliphatic carbocycles. The summed E-state index contributed by atoms with van der Waals surface area (Å²) in [4.78, 5) is 11.6. The SMILES string of the molecule is CN(C)NC(=O)c1cccc(CCN)c1. The second-order valence-corrected chi connectivity index (χ2v) is 3.57. The van der Waals surface area contributed by atoms with Crippen molar-refractivity contribution in [3.05, 3.63) is 35.4 Å². The topological polar surface area (TPSA) is 58.4 Å². The highest BCUT2D eigenvalue weighted by Gasteiger charge is 2.05. The van der Waals surface area contributed by atoms with Gasteiger partial charge in [0, 0.05) is 19.7 Å². The molecule has 3 N–H and O–H groups in total. The highest BCUT2D eigenvalue weighted by Crippen LogP contribution is 2.05. The third-order valence-corrected chi connectivity index (χ3v) is 1.95. The second-order valence-electron chi connectivity index (χ2n) is 3.57. The average molecular weight is 207 g/mol. The Hall–Kier alpha value is -1.39. The number of nitrogens with two attached hydrogens (primary N) is 1. The molecule has 0 atom stereocenters. The molecule has 0 saturated carbocycles. The average Bonchev–Trinajstić information content (AvgIpc) is 2.17. The van der Waals surface area contributed by atoms with Crippen molar-refractivity contribution in [1.29, 1.82) is 0 Å². The Bertz CT molecular complexity index is 336. The molecular formula is C11H17N3O. The Morgan fingerprint density at radius 2 is 2.20 bits per heavy atom. The van der Waals surface area contributed by atoms with Crippen molar-refractivity contribution < 1.29 is 4.79 Å². The molecule has 0 unspecified atom stereocenters. The number of amides is 1. The van der Waals surface area contributed by atoms with Crippen LogP contribution in [0.25, 0.3) is 0 Å². The van der Waals surface area contributed by atoms with E-state index in [4.69, 9.17) is 5.73 Å². The van der Waals surface area contributed by atoms with Crippen LogP contribution in [0.1, 0.15) is 15.9 Å². The van der Waals surface area contributed by atoms with Crippen LogP contribution in [0.5, 0.6) is 0 Å². The van der Waals surface area contributed by atoms with E-state index >= 15 is 0 Å². The van der Waals surface area contributed by atoms with Crippen LogP contribution in [0.15, 0.2) is 24.3 Å². The van der Waals surface area contributed by atoms with Crippen molar-refractivity contribution in [2.24, 2.45) is 5.73 Å². The number of carbonyl (C=O) groups is 1. The van der Waals surface area contributed by atoms with Crippen molar-refractivity contribution in [1.82, 2.24) is 10.4 Å². The number of nitrogens with one attached hydrogen (secondary N) is 1. The Morgan fingerprint density at radius 1 is 1.47 bits per heavy atom. The summed E-state index contributed by atoms with van der Waals surface area (Å²) in [7, 11) is 3.56. The maximum absolute atomic E-state index is 11.6. The van der Waals surface area contributed by atoms with Crippen LogP contribution in [0.4, 0.5) is 0 Å². The Balaban J connectivity index is 2.76. The summed E-state index contributed by atoms with van der Waals surface area (Å²) in [6.45, 7) is 0.596. The van der Waals surface area contributed by atoms with E-state index in [2.05, 4.69) is 5.43 Å². The number of carbonyl (C=O) groups excluding carboxylic acids is 1. The third kappa shape index (κ3) is 3.69. The molecule has 0 saturated heterocycles. The van der Waals surface area contributed by atoms with E-state index in [1.165, 1.54) is 0 Å². The molecule has 4 heteroatoms. The molecule has 0 radical (unpaired) electrons. The monoisotopic (exact) mass is 207 g/mol. The fraction of sp³-hybridized carbons (Fsp3) is 0.364. The summed E-state index contributed by atoms with van der Waals surface area (Å²) in [6.07, 6.45) is 0.795. The van der Waals surface area contributed by atoms with Gasteiger partial charge in [-0.3, -0.25) is 10.2 Å². The maximum atomic E-state index is 11.6. The molecule has 4 nitrogen and oxygen atoms in total. The van der Waals surface area contributed by atoms with Crippen molar-refractivity contribution >= 4 is 5.91 Å². The lowest BCUT2D eigenvalue weighted by atomic mass is 10.1. The van der Waals surface area contributed by atoms with Crippen LogP contribution in [0.2, 0.25) is 0 Å². The van der Waals surface area contributed by atoms with Gasteiger partial charge >= 0.3 is 0 Å².